The van der Waals surface area contributed by atoms with Gasteiger partial charge in [-0.15, -0.1) is 0 Å². The van der Waals surface area contributed by atoms with Crippen LogP contribution < -0.4 is 4.72 Å². The second-order valence-corrected chi connectivity index (χ2v) is 6.73. The van der Waals surface area contributed by atoms with E-state index in [-0.39, 0.29) is 19.5 Å². The number of nitrogens with zero attached hydrogens (tertiary/aromatic N) is 1. The monoisotopic (exact) mass is 382 g/mol. The molecule has 1 aromatic carbocycles. The number of aliphatic carboxylic acids is 1. The number of halogens is 3. The Morgan fingerprint density at radius 3 is 2.44 bits per heavy atom. The molecule has 0 fully saturated rings. The number of carboxylic acid groups (broad SMARTS) is 1. The van der Waals surface area contributed by atoms with Gasteiger partial charge in [-0.25, -0.2) is 13.1 Å². The molecule has 140 valence electrons. The van der Waals surface area contributed by atoms with E-state index in [0.717, 1.165) is 23.1 Å². The summed E-state index contributed by atoms with van der Waals surface area (Å²) in [6.07, 6.45) is -5.00. The minimum atomic E-state index is -4.70. The summed E-state index contributed by atoms with van der Waals surface area (Å²) in [6.45, 7) is 0.959. The fourth-order valence-corrected chi connectivity index (χ4v) is 2.90. The molecule has 2 N–H and O–H groups in total. The molecule has 0 saturated carbocycles. The molecule has 0 radical (unpaired) electrons. The highest BCUT2D eigenvalue weighted by Gasteiger charge is 2.31. The Kier molecular flexibility index (Phi) is 6.94. The molecule has 0 atom stereocenters. The lowest BCUT2D eigenvalue weighted by Crippen LogP contribution is -2.41. The van der Waals surface area contributed by atoms with Crippen LogP contribution in [0.2, 0.25) is 0 Å². The van der Waals surface area contributed by atoms with Crippen LogP contribution in [0, 0.1) is 0 Å². The zero-order valence-corrected chi connectivity index (χ0v) is 14.0. The average Bonchev–Trinajstić information content (AvgIpc) is 2.52. The smallest absolute Gasteiger partial charge is 0.416 e. The summed E-state index contributed by atoms with van der Waals surface area (Å²) >= 11 is 0. The van der Waals surface area contributed by atoms with E-state index in [1.54, 1.807) is 6.92 Å². The maximum Gasteiger partial charge on any atom is 0.416 e. The van der Waals surface area contributed by atoms with Gasteiger partial charge in [0.2, 0.25) is 15.9 Å². The van der Waals surface area contributed by atoms with Gasteiger partial charge in [0.15, 0.2) is 0 Å². The van der Waals surface area contributed by atoms with E-state index in [0.29, 0.717) is 6.07 Å². The number of alkyl halides is 3. The van der Waals surface area contributed by atoms with Crippen LogP contribution in [0.5, 0.6) is 0 Å². The van der Waals surface area contributed by atoms with E-state index < -0.39 is 45.1 Å². The van der Waals surface area contributed by atoms with Crippen molar-refractivity contribution in [3.05, 3.63) is 29.8 Å². The maximum absolute atomic E-state index is 12.6. The number of carbonyl (C=O) groups is 2. The van der Waals surface area contributed by atoms with Crippen molar-refractivity contribution in [2.45, 2.75) is 24.4 Å². The van der Waals surface area contributed by atoms with Gasteiger partial charge >= 0.3 is 12.1 Å². The summed E-state index contributed by atoms with van der Waals surface area (Å²) in [5.74, 6) is -1.80. The van der Waals surface area contributed by atoms with Gasteiger partial charge in [0.25, 0.3) is 0 Å². The van der Waals surface area contributed by atoms with Gasteiger partial charge in [0.1, 0.15) is 0 Å². The first-order valence-corrected chi connectivity index (χ1v) is 8.62. The molecule has 25 heavy (non-hydrogen) atoms. The molecule has 0 aromatic heterocycles. The fraction of sp³-hybridized carbons (Fsp3) is 0.429. The Bertz CT molecular complexity index is 734. The molecule has 11 heteroatoms. The number of amides is 1. The number of nitrogens with one attached hydrogen (secondary N) is 1. The minimum Gasteiger partial charge on any atom is -0.481 e. The van der Waals surface area contributed by atoms with E-state index in [9.17, 15) is 31.2 Å². The molecule has 0 bridgehead atoms. The van der Waals surface area contributed by atoms with Gasteiger partial charge < -0.3 is 10.0 Å². The second kappa shape index (κ2) is 8.30. The van der Waals surface area contributed by atoms with Crippen LogP contribution in [0.1, 0.15) is 18.9 Å². The zero-order valence-electron chi connectivity index (χ0n) is 13.2. The average molecular weight is 382 g/mol. The Morgan fingerprint density at radius 2 is 1.92 bits per heavy atom. The molecule has 0 aliphatic heterocycles. The van der Waals surface area contributed by atoms with Gasteiger partial charge in [0.05, 0.1) is 23.4 Å². The molecule has 0 saturated heterocycles. The van der Waals surface area contributed by atoms with E-state index in [1.165, 1.54) is 0 Å². The van der Waals surface area contributed by atoms with E-state index in [4.69, 9.17) is 5.11 Å². The number of carbonyl (C=O) groups excluding carboxylic acids is 1. The van der Waals surface area contributed by atoms with Gasteiger partial charge in [-0.2, -0.15) is 13.2 Å². The summed E-state index contributed by atoms with van der Waals surface area (Å²) < 4.78 is 64.0. The molecular weight excluding hydrogens is 365 g/mol. The van der Waals surface area contributed by atoms with Gasteiger partial charge in [-0.1, -0.05) is 6.07 Å². The highest BCUT2D eigenvalue weighted by molar-refractivity contribution is 7.89. The highest BCUT2D eigenvalue weighted by Crippen LogP contribution is 2.30. The normalized spacial score (nSPS) is 12.0. The first-order valence-electron chi connectivity index (χ1n) is 7.14. The Hall–Kier alpha value is -2.14. The molecule has 1 amide bonds. The highest BCUT2D eigenvalue weighted by atomic mass is 32.2. The van der Waals surface area contributed by atoms with Crippen molar-refractivity contribution >= 4 is 21.9 Å². The van der Waals surface area contributed by atoms with Gasteiger partial charge in [0, 0.05) is 13.1 Å². The summed E-state index contributed by atoms with van der Waals surface area (Å²) in [5, 5.41) is 8.60. The van der Waals surface area contributed by atoms with Crippen molar-refractivity contribution in [2.24, 2.45) is 0 Å². The topological polar surface area (TPSA) is 104 Å². The van der Waals surface area contributed by atoms with Crippen LogP contribution in [0.4, 0.5) is 13.2 Å². The molecular formula is C14H17F3N2O5S. The molecule has 0 unspecified atom stereocenters. The first kappa shape index (κ1) is 20.9. The van der Waals surface area contributed by atoms with Crippen molar-refractivity contribution in [2.75, 3.05) is 19.6 Å². The predicted octanol–water partition coefficient (Wildman–Crippen LogP) is 1.31. The van der Waals surface area contributed by atoms with E-state index >= 15 is 0 Å². The SMILES string of the molecule is CCN(CCC(=O)O)C(=O)CNS(=O)(=O)c1cccc(C(F)(F)F)c1. The largest absolute Gasteiger partial charge is 0.481 e. The minimum absolute atomic E-state index is 0.101. The lowest BCUT2D eigenvalue weighted by molar-refractivity contribution is -0.139. The molecule has 0 heterocycles. The molecule has 0 spiro atoms. The van der Waals surface area contributed by atoms with Crippen molar-refractivity contribution in [3.8, 4) is 0 Å². The summed E-state index contributed by atoms with van der Waals surface area (Å²) in [6, 6.07) is 3.12. The Morgan fingerprint density at radius 1 is 1.28 bits per heavy atom. The number of hydrogen-bond donors (Lipinski definition) is 2. The second-order valence-electron chi connectivity index (χ2n) is 4.97. The van der Waals surface area contributed by atoms with Crippen LogP contribution in [-0.2, 0) is 25.8 Å². The summed E-state index contributed by atoms with van der Waals surface area (Å²) in [5.41, 5.74) is -1.13. The Labute approximate surface area is 142 Å². The standard InChI is InChI=1S/C14H17F3N2O5S/c1-2-19(7-6-13(21)22)12(20)9-18-25(23,24)11-5-3-4-10(8-11)14(15,16)17/h3-5,8,18H,2,6-7,9H2,1H3,(H,21,22). The summed E-state index contributed by atoms with van der Waals surface area (Å²) in [7, 11) is -4.32. The fourth-order valence-electron chi connectivity index (χ4n) is 1.88. The van der Waals surface area contributed by atoms with E-state index in [2.05, 4.69) is 0 Å². The van der Waals surface area contributed by atoms with Gasteiger partial charge in [-0.3, -0.25) is 9.59 Å². The van der Waals surface area contributed by atoms with Crippen molar-refractivity contribution < 1.29 is 36.3 Å². The number of carboxylic acids is 1. The molecule has 0 aliphatic rings. The maximum atomic E-state index is 12.6. The van der Waals surface area contributed by atoms with E-state index in [1.807, 2.05) is 4.72 Å². The van der Waals surface area contributed by atoms with Crippen LogP contribution in [0.15, 0.2) is 29.2 Å². The van der Waals surface area contributed by atoms with Crippen LogP contribution >= 0.6 is 0 Å². The molecule has 1 rings (SSSR count). The lowest BCUT2D eigenvalue weighted by Gasteiger charge is -2.20. The number of sulfonamides is 1. The number of likely N-dealkylation sites (N-methyl/N-ethyl adjacent to an activating group) is 1. The number of rotatable bonds is 8. The van der Waals surface area contributed by atoms with Crippen molar-refractivity contribution in [1.82, 2.24) is 9.62 Å². The first-order chi connectivity index (χ1) is 11.5. The lowest BCUT2D eigenvalue weighted by atomic mass is 10.2. The third-order valence-corrected chi connectivity index (χ3v) is 4.61. The van der Waals surface area contributed by atoms with Crippen LogP contribution in [-0.4, -0.2) is 49.9 Å². The third-order valence-electron chi connectivity index (χ3n) is 3.22. The zero-order chi connectivity index (χ0) is 19.3. The Balaban J connectivity index is 2.81. The van der Waals surface area contributed by atoms with Crippen molar-refractivity contribution in [3.63, 3.8) is 0 Å². The van der Waals surface area contributed by atoms with Crippen LogP contribution in [0.3, 0.4) is 0 Å². The molecule has 7 nitrogen and oxygen atoms in total. The predicted molar refractivity (Wildman–Crippen MR) is 81.1 cm³/mol. The number of benzene rings is 1. The number of hydrogen-bond acceptors (Lipinski definition) is 4. The molecule has 1 aromatic rings. The third kappa shape index (κ3) is 6.35. The van der Waals surface area contributed by atoms with Crippen LogP contribution in [0.25, 0.3) is 0 Å². The quantitative estimate of drug-likeness (QED) is 0.706. The van der Waals surface area contributed by atoms with Gasteiger partial charge in [-0.05, 0) is 25.1 Å². The molecule has 0 aliphatic carbocycles. The summed E-state index contributed by atoms with van der Waals surface area (Å²) in [4.78, 5) is 22.9. The van der Waals surface area contributed by atoms with Crippen molar-refractivity contribution in [1.29, 1.82) is 0 Å².